The summed E-state index contributed by atoms with van der Waals surface area (Å²) >= 11 is 0. The van der Waals surface area contributed by atoms with Gasteiger partial charge in [0.15, 0.2) is 5.78 Å². The predicted molar refractivity (Wildman–Crippen MR) is 84.4 cm³/mol. The summed E-state index contributed by atoms with van der Waals surface area (Å²) in [4.78, 5) is 24.0. The van der Waals surface area contributed by atoms with Crippen LogP contribution in [0.25, 0.3) is 0 Å². The number of benzene rings is 1. The van der Waals surface area contributed by atoms with Crippen LogP contribution in [0.2, 0.25) is 0 Å². The Kier molecular flexibility index (Phi) is 5.97. The van der Waals surface area contributed by atoms with Crippen molar-refractivity contribution in [3.05, 3.63) is 35.4 Å². The molecule has 0 radical (unpaired) electrons. The van der Waals surface area contributed by atoms with Gasteiger partial charge in [-0.15, -0.1) is 0 Å². The molecular weight excluding hydrogens is 262 g/mol. The molecule has 1 amide bonds. The number of ketones is 1. The van der Waals surface area contributed by atoms with Crippen LogP contribution in [0.5, 0.6) is 0 Å². The molecule has 1 aliphatic carbocycles. The molecule has 1 aromatic carbocycles. The van der Waals surface area contributed by atoms with Crippen molar-refractivity contribution < 1.29 is 9.59 Å². The lowest BCUT2D eigenvalue weighted by Crippen LogP contribution is -2.34. The zero-order valence-corrected chi connectivity index (χ0v) is 12.9. The van der Waals surface area contributed by atoms with Gasteiger partial charge < -0.3 is 5.32 Å². The molecule has 0 atom stereocenters. The van der Waals surface area contributed by atoms with Crippen molar-refractivity contribution >= 4 is 11.7 Å². The van der Waals surface area contributed by atoms with Crippen molar-refractivity contribution in [2.24, 2.45) is 0 Å². The number of carbonyl (C=O) groups is 2. The molecule has 21 heavy (non-hydrogen) atoms. The highest BCUT2D eigenvalue weighted by molar-refractivity contribution is 5.97. The zero-order valence-electron chi connectivity index (χ0n) is 12.9. The van der Waals surface area contributed by atoms with Gasteiger partial charge in [0.2, 0.25) is 5.91 Å². The molecule has 2 rings (SSSR count). The van der Waals surface area contributed by atoms with Crippen molar-refractivity contribution in [1.29, 1.82) is 0 Å². The predicted octanol–water partition coefficient (Wildman–Crippen LogP) is 3.80. The Hall–Kier alpha value is -1.64. The fraction of sp³-hybridized carbons (Fsp3) is 0.556. The largest absolute Gasteiger partial charge is 0.353 e. The van der Waals surface area contributed by atoms with E-state index in [1.165, 1.54) is 25.7 Å². The smallest absolute Gasteiger partial charge is 0.220 e. The van der Waals surface area contributed by atoms with Gasteiger partial charge in [-0.1, -0.05) is 55.5 Å². The third kappa shape index (κ3) is 5.33. The van der Waals surface area contributed by atoms with Crippen LogP contribution in [-0.2, 0) is 4.79 Å². The van der Waals surface area contributed by atoms with Crippen LogP contribution < -0.4 is 5.32 Å². The normalized spacial score (nSPS) is 16.2. The topological polar surface area (TPSA) is 46.2 Å². The number of hydrogen-bond acceptors (Lipinski definition) is 2. The minimum absolute atomic E-state index is 0.0161. The minimum Gasteiger partial charge on any atom is -0.353 e. The summed E-state index contributed by atoms with van der Waals surface area (Å²) in [5.74, 6) is 0.0633. The Bertz CT molecular complexity index is 470. The Morgan fingerprint density at radius 2 is 1.62 bits per heavy atom. The summed E-state index contributed by atoms with van der Waals surface area (Å²) in [6.45, 7) is 1.99. The second-order valence-corrected chi connectivity index (χ2v) is 6.05. The van der Waals surface area contributed by atoms with E-state index >= 15 is 0 Å². The standard InChI is InChI=1S/C18H25NO2/c1-14-8-10-15(11-9-14)17(20)12-13-18(21)19-16-6-4-2-3-5-7-16/h8-11,16H,2-7,12-13H2,1H3,(H,19,21). The summed E-state index contributed by atoms with van der Waals surface area (Å²) in [6, 6.07) is 7.84. The summed E-state index contributed by atoms with van der Waals surface area (Å²) < 4.78 is 0. The summed E-state index contributed by atoms with van der Waals surface area (Å²) in [6.07, 6.45) is 7.71. The van der Waals surface area contributed by atoms with Gasteiger partial charge in [0, 0.05) is 24.4 Å². The van der Waals surface area contributed by atoms with Gasteiger partial charge >= 0.3 is 0 Å². The molecule has 1 aromatic rings. The van der Waals surface area contributed by atoms with E-state index in [-0.39, 0.29) is 11.7 Å². The van der Waals surface area contributed by atoms with E-state index in [1.54, 1.807) is 0 Å². The number of hydrogen-bond donors (Lipinski definition) is 1. The van der Waals surface area contributed by atoms with Crippen LogP contribution in [0.15, 0.2) is 24.3 Å². The first-order chi connectivity index (χ1) is 10.1. The van der Waals surface area contributed by atoms with Crippen LogP contribution in [0.1, 0.15) is 67.3 Å². The number of rotatable bonds is 5. The molecule has 3 nitrogen and oxygen atoms in total. The van der Waals surface area contributed by atoms with E-state index in [0.717, 1.165) is 18.4 Å². The Labute approximate surface area is 127 Å². The monoisotopic (exact) mass is 287 g/mol. The molecule has 1 fully saturated rings. The Morgan fingerprint density at radius 1 is 1.00 bits per heavy atom. The molecule has 0 heterocycles. The van der Waals surface area contributed by atoms with Gasteiger partial charge in [-0.2, -0.15) is 0 Å². The summed E-state index contributed by atoms with van der Waals surface area (Å²) in [5.41, 5.74) is 1.83. The van der Waals surface area contributed by atoms with Crippen molar-refractivity contribution in [3.8, 4) is 0 Å². The molecule has 1 aliphatic rings. The minimum atomic E-state index is 0.0161. The highest BCUT2D eigenvalue weighted by Crippen LogP contribution is 2.17. The maximum absolute atomic E-state index is 12.0. The second kappa shape index (κ2) is 7.96. The molecular formula is C18H25NO2. The maximum Gasteiger partial charge on any atom is 0.220 e. The summed E-state index contributed by atoms with van der Waals surface area (Å²) in [7, 11) is 0. The van der Waals surface area contributed by atoms with Crippen LogP contribution in [0.3, 0.4) is 0 Å². The van der Waals surface area contributed by atoms with Crippen molar-refractivity contribution in [2.75, 3.05) is 0 Å². The highest BCUT2D eigenvalue weighted by atomic mass is 16.2. The van der Waals surface area contributed by atoms with Gasteiger partial charge in [-0.25, -0.2) is 0 Å². The van der Waals surface area contributed by atoms with Gasteiger partial charge in [0.05, 0.1) is 0 Å². The molecule has 1 saturated carbocycles. The number of nitrogens with one attached hydrogen (secondary N) is 1. The lowest BCUT2D eigenvalue weighted by molar-refractivity contribution is -0.121. The SMILES string of the molecule is Cc1ccc(C(=O)CCC(=O)NC2CCCCCC2)cc1. The van der Waals surface area contributed by atoms with E-state index in [1.807, 2.05) is 31.2 Å². The van der Waals surface area contributed by atoms with Gasteiger partial charge in [-0.05, 0) is 19.8 Å². The average molecular weight is 287 g/mol. The lowest BCUT2D eigenvalue weighted by Gasteiger charge is -2.15. The summed E-state index contributed by atoms with van der Waals surface area (Å²) in [5, 5.41) is 3.08. The molecule has 0 unspecified atom stereocenters. The highest BCUT2D eigenvalue weighted by Gasteiger charge is 2.15. The van der Waals surface area contributed by atoms with Crippen molar-refractivity contribution in [3.63, 3.8) is 0 Å². The quantitative estimate of drug-likeness (QED) is 0.661. The number of carbonyl (C=O) groups excluding carboxylic acids is 2. The van der Waals surface area contributed by atoms with Crippen molar-refractivity contribution in [1.82, 2.24) is 5.32 Å². The number of Topliss-reactive ketones (excluding diaryl/α,β-unsaturated/α-hetero) is 1. The van der Waals surface area contributed by atoms with E-state index < -0.39 is 0 Å². The third-order valence-electron chi connectivity index (χ3n) is 4.17. The Morgan fingerprint density at radius 3 is 2.24 bits per heavy atom. The first kappa shape index (κ1) is 15.7. The van der Waals surface area contributed by atoms with Crippen LogP contribution >= 0.6 is 0 Å². The Balaban J connectivity index is 1.75. The lowest BCUT2D eigenvalue weighted by atomic mass is 10.0. The first-order valence-electron chi connectivity index (χ1n) is 8.04. The fourth-order valence-corrected chi connectivity index (χ4v) is 2.83. The van der Waals surface area contributed by atoms with Crippen LogP contribution in [-0.4, -0.2) is 17.7 Å². The first-order valence-corrected chi connectivity index (χ1v) is 8.04. The molecule has 114 valence electrons. The molecule has 3 heteroatoms. The maximum atomic E-state index is 12.0. The molecule has 0 spiro atoms. The van der Waals surface area contributed by atoms with E-state index in [2.05, 4.69) is 5.32 Å². The van der Waals surface area contributed by atoms with Crippen molar-refractivity contribution in [2.45, 2.75) is 64.3 Å². The van der Waals surface area contributed by atoms with Gasteiger partial charge in [-0.3, -0.25) is 9.59 Å². The molecule has 0 saturated heterocycles. The van der Waals surface area contributed by atoms with Crippen LogP contribution in [0.4, 0.5) is 0 Å². The van der Waals surface area contributed by atoms with Crippen LogP contribution in [0, 0.1) is 6.92 Å². The van der Waals surface area contributed by atoms with E-state index in [9.17, 15) is 9.59 Å². The van der Waals surface area contributed by atoms with Gasteiger partial charge in [0.25, 0.3) is 0 Å². The molecule has 1 N–H and O–H groups in total. The van der Waals surface area contributed by atoms with E-state index in [4.69, 9.17) is 0 Å². The second-order valence-electron chi connectivity index (χ2n) is 6.05. The third-order valence-corrected chi connectivity index (χ3v) is 4.17. The number of aryl methyl sites for hydroxylation is 1. The zero-order chi connectivity index (χ0) is 15.1. The molecule has 0 bridgehead atoms. The van der Waals surface area contributed by atoms with Gasteiger partial charge in [0.1, 0.15) is 0 Å². The average Bonchev–Trinajstić information content (AvgIpc) is 2.74. The molecule has 0 aliphatic heterocycles. The van der Waals surface area contributed by atoms with E-state index in [0.29, 0.717) is 24.4 Å². The molecule has 0 aromatic heterocycles. The number of amides is 1. The fourth-order valence-electron chi connectivity index (χ4n) is 2.83.